The minimum Gasteiger partial charge on any atom is -0.464 e. The van der Waals surface area contributed by atoms with E-state index < -0.39 is 0 Å². The number of rotatable bonds is 6. The third kappa shape index (κ3) is 3.49. The minimum atomic E-state index is -0.155. The summed E-state index contributed by atoms with van der Waals surface area (Å²) in [5.74, 6) is 0.844. The molecule has 1 aliphatic rings. The van der Waals surface area contributed by atoms with Gasteiger partial charge in [0.05, 0.1) is 17.4 Å². The van der Waals surface area contributed by atoms with Crippen molar-refractivity contribution in [2.24, 2.45) is 0 Å². The van der Waals surface area contributed by atoms with Gasteiger partial charge in [0.1, 0.15) is 10.6 Å². The number of carbonyl (C=O) groups excluding carboxylic acids is 1. The zero-order valence-electron chi connectivity index (χ0n) is 17.5. The van der Waals surface area contributed by atoms with Crippen LogP contribution in [0, 0.1) is 0 Å². The maximum Gasteiger partial charge on any atom is 0.263 e. The second-order valence-electron chi connectivity index (χ2n) is 7.64. The number of thioether (sulfide) groups is 1. The highest BCUT2D eigenvalue weighted by molar-refractivity contribution is 7.99. The molecule has 162 valence electrons. The maximum absolute atomic E-state index is 13.4. The lowest BCUT2D eigenvalue weighted by atomic mass is 10.1. The molecule has 0 saturated heterocycles. The molecule has 0 fully saturated rings. The molecule has 0 N–H and O–H groups in total. The number of allylic oxidation sites excluding steroid dienone is 1. The van der Waals surface area contributed by atoms with Crippen LogP contribution in [0.1, 0.15) is 12.5 Å². The average Bonchev–Trinajstić information content (AvgIpc) is 3.51. The van der Waals surface area contributed by atoms with Gasteiger partial charge in [0.15, 0.2) is 5.16 Å². The molecule has 5 rings (SSSR count). The lowest BCUT2D eigenvalue weighted by Gasteiger charge is -2.22. The van der Waals surface area contributed by atoms with Crippen LogP contribution in [0.3, 0.4) is 0 Å². The number of para-hydroxylation sites is 1. The molecule has 6 nitrogen and oxygen atoms in total. The number of amides is 1. The summed E-state index contributed by atoms with van der Waals surface area (Å²) in [6.45, 7) is 6.16. The maximum atomic E-state index is 13.4. The second-order valence-corrected chi connectivity index (χ2v) is 9.44. The molecule has 3 aromatic heterocycles. The van der Waals surface area contributed by atoms with Gasteiger partial charge in [0.2, 0.25) is 5.91 Å². The van der Waals surface area contributed by atoms with E-state index in [9.17, 15) is 9.59 Å². The monoisotopic (exact) mass is 463 g/mol. The van der Waals surface area contributed by atoms with E-state index in [1.165, 1.54) is 28.7 Å². The van der Waals surface area contributed by atoms with Crippen molar-refractivity contribution in [2.45, 2.75) is 31.1 Å². The predicted molar refractivity (Wildman–Crippen MR) is 130 cm³/mol. The Kier molecular flexibility index (Phi) is 5.48. The molecular formula is C24H21N3O3S2. The number of fused-ring (bicyclic) bond motifs is 2. The van der Waals surface area contributed by atoms with Crippen LogP contribution < -0.4 is 10.5 Å². The van der Waals surface area contributed by atoms with Gasteiger partial charge in [0, 0.05) is 29.2 Å². The van der Waals surface area contributed by atoms with Crippen LogP contribution in [-0.2, 0) is 17.8 Å². The van der Waals surface area contributed by atoms with E-state index in [1.807, 2.05) is 34.5 Å². The number of hydrogen-bond acceptors (Lipinski definition) is 6. The zero-order valence-corrected chi connectivity index (χ0v) is 19.1. The molecule has 0 aliphatic carbocycles. The van der Waals surface area contributed by atoms with Crippen molar-refractivity contribution in [3.05, 3.63) is 76.6 Å². The van der Waals surface area contributed by atoms with E-state index in [4.69, 9.17) is 9.40 Å². The molecule has 1 aromatic carbocycles. The fourth-order valence-corrected chi connectivity index (χ4v) is 6.00. The molecule has 8 heteroatoms. The Labute approximate surface area is 193 Å². The number of carbonyl (C=O) groups is 1. The normalized spacial score (nSPS) is 15.3. The molecule has 1 aliphatic heterocycles. The summed E-state index contributed by atoms with van der Waals surface area (Å²) in [6.07, 6.45) is 4.10. The Bertz CT molecular complexity index is 1370. The molecule has 0 bridgehead atoms. The number of thiophene rings is 1. The van der Waals surface area contributed by atoms with E-state index in [1.54, 1.807) is 23.0 Å². The van der Waals surface area contributed by atoms with Gasteiger partial charge in [-0.25, -0.2) is 4.98 Å². The summed E-state index contributed by atoms with van der Waals surface area (Å²) in [5.41, 5.74) is 2.74. The first-order chi connectivity index (χ1) is 15.6. The molecular weight excluding hydrogens is 442 g/mol. The van der Waals surface area contributed by atoms with Crippen LogP contribution >= 0.6 is 23.1 Å². The topological polar surface area (TPSA) is 68.3 Å². The largest absolute Gasteiger partial charge is 0.464 e. The molecule has 0 spiro atoms. The zero-order chi connectivity index (χ0) is 22.2. The van der Waals surface area contributed by atoms with Gasteiger partial charge in [0.25, 0.3) is 5.56 Å². The number of benzene rings is 1. The number of furan rings is 1. The molecule has 4 aromatic rings. The fraction of sp³-hybridized carbons (Fsp3) is 0.208. The first-order valence-corrected chi connectivity index (χ1v) is 12.1. The van der Waals surface area contributed by atoms with Gasteiger partial charge in [-0.15, -0.1) is 17.9 Å². The van der Waals surface area contributed by atoms with Crippen LogP contribution in [0.25, 0.3) is 21.5 Å². The van der Waals surface area contributed by atoms with Crippen LogP contribution in [0.4, 0.5) is 5.69 Å². The van der Waals surface area contributed by atoms with Crippen molar-refractivity contribution in [1.29, 1.82) is 0 Å². The number of aromatic nitrogens is 2. The number of anilines is 1. The van der Waals surface area contributed by atoms with E-state index in [0.29, 0.717) is 27.7 Å². The third-order valence-electron chi connectivity index (χ3n) is 5.56. The quantitative estimate of drug-likeness (QED) is 0.229. The van der Waals surface area contributed by atoms with Gasteiger partial charge in [-0.1, -0.05) is 36.0 Å². The summed E-state index contributed by atoms with van der Waals surface area (Å²) in [7, 11) is 0. The van der Waals surface area contributed by atoms with Gasteiger partial charge in [-0.05, 0) is 37.1 Å². The third-order valence-corrected chi connectivity index (χ3v) is 7.39. The van der Waals surface area contributed by atoms with Crippen molar-refractivity contribution < 1.29 is 9.21 Å². The van der Waals surface area contributed by atoms with Gasteiger partial charge >= 0.3 is 0 Å². The number of hydrogen-bond donors (Lipinski definition) is 0. The van der Waals surface area contributed by atoms with Gasteiger partial charge < -0.3 is 9.32 Å². The van der Waals surface area contributed by atoms with Crippen LogP contribution in [-0.4, -0.2) is 27.3 Å². The average molecular weight is 464 g/mol. The SMILES string of the molecule is C=CCn1c(SCC(=O)N2c3ccccc3CC2C)nc2scc(-c3ccco3)c2c1=O. The summed E-state index contributed by atoms with van der Waals surface area (Å²) >= 11 is 2.69. The summed E-state index contributed by atoms with van der Waals surface area (Å²) in [4.78, 5) is 33.7. The highest BCUT2D eigenvalue weighted by Crippen LogP contribution is 2.34. The fourth-order valence-electron chi connectivity index (χ4n) is 4.16. The molecule has 1 unspecified atom stereocenters. The molecule has 32 heavy (non-hydrogen) atoms. The van der Waals surface area contributed by atoms with E-state index in [2.05, 4.69) is 19.6 Å². The van der Waals surface area contributed by atoms with Crippen molar-refractivity contribution in [3.8, 4) is 11.3 Å². The van der Waals surface area contributed by atoms with Gasteiger partial charge in [-0.2, -0.15) is 0 Å². The van der Waals surface area contributed by atoms with Crippen LogP contribution in [0.15, 0.2) is 75.1 Å². The van der Waals surface area contributed by atoms with Crippen molar-refractivity contribution in [3.63, 3.8) is 0 Å². The summed E-state index contributed by atoms with van der Waals surface area (Å²) < 4.78 is 7.08. The highest BCUT2D eigenvalue weighted by atomic mass is 32.2. The molecule has 4 heterocycles. The van der Waals surface area contributed by atoms with E-state index >= 15 is 0 Å². The smallest absolute Gasteiger partial charge is 0.263 e. The summed E-state index contributed by atoms with van der Waals surface area (Å²) in [5, 5.41) is 2.94. The first kappa shape index (κ1) is 20.8. The standard InChI is InChI=1S/C24H21N3O3S2/c1-3-10-26-23(29)21-17(19-9-6-11-30-19)13-31-22(21)25-24(26)32-14-20(28)27-15(2)12-16-7-4-5-8-18(16)27/h3-9,11,13,15H,1,10,12,14H2,2H3. The Balaban J connectivity index is 1.47. The van der Waals surface area contributed by atoms with E-state index in [0.717, 1.165) is 17.7 Å². The lowest BCUT2D eigenvalue weighted by Crippen LogP contribution is -2.37. The van der Waals surface area contributed by atoms with Gasteiger partial charge in [-0.3, -0.25) is 14.2 Å². The highest BCUT2D eigenvalue weighted by Gasteiger charge is 2.30. The Morgan fingerprint density at radius 2 is 2.19 bits per heavy atom. The Morgan fingerprint density at radius 1 is 1.34 bits per heavy atom. The predicted octanol–water partition coefficient (Wildman–Crippen LogP) is 4.97. The first-order valence-electron chi connectivity index (χ1n) is 10.3. The number of nitrogens with zero attached hydrogens (tertiary/aromatic N) is 3. The van der Waals surface area contributed by atoms with Crippen LogP contribution in [0.2, 0.25) is 0 Å². The molecule has 0 saturated carbocycles. The van der Waals surface area contributed by atoms with E-state index in [-0.39, 0.29) is 23.3 Å². The molecule has 0 radical (unpaired) electrons. The van der Waals surface area contributed by atoms with Crippen molar-refractivity contribution >= 4 is 44.9 Å². The van der Waals surface area contributed by atoms with Crippen molar-refractivity contribution in [2.75, 3.05) is 10.7 Å². The Morgan fingerprint density at radius 3 is 2.97 bits per heavy atom. The lowest BCUT2D eigenvalue weighted by molar-refractivity contribution is -0.116. The van der Waals surface area contributed by atoms with Crippen molar-refractivity contribution in [1.82, 2.24) is 9.55 Å². The van der Waals surface area contributed by atoms with Crippen LogP contribution in [0.5, 0.6) is 0 Å². The Hall–Kier alpha value is -3.10. The summed E-state index contributed by atoms with van der Waals surface area (Å²) in [6, 6.07) is 11.7. The molecule has 1 amide bonds. The minimum absolute atomic E-state index is 0.00871. The molecule has 1 atom stereocenters. The second kappa shape index (κ2) is 8.44.